The predicted molar refractivity (Wildman–Crippen MR) is 44.7 cm³/mol. The largest absolute Gasteiger partial charge is 0.478 e. The monoisotopic (exact) mass is 211 g/mol. The average molecular weight is 211 g/mol. The van der Waals surface area contributed by atoms with Crippen molar-refractivity contribution in [3.63, 3.8) is 0 Å². The summed E-state index contributed by atoms with van der Waals surface area (Å²) < 4.78 is 35.9. The van der Waals surface area contributed by atoms with Crippen LogP contribution in [0.15, 0.2) is 12.3 Å². The summed E-state index contributed by atoms with van der Waals surface area (Å²) in [5.74, 6) is -1.27. The molecule has 0 aliphatic heterocycles. The summed E-state index contributed by atoms with van der Waals surface area (Å²) in [5, 5.41) is 8.25. The van der Waals surface area contributed by atoms with Crippen LogP contribution in [0.25, 0.3) is 0 Å². The van der Waals surface area contributed by atoms with Gasteiger partial charge in [-0.15, -0.1) is 0 Å². The molecular weight excluding hydrogens is 199 g/mol. The van der Waals surface area contributed by atoms with Gasteiger partial charge in [0.25, 0.3) is 0 Å². The third-order valence-corrected chi connectivity index (χ3v) is 1.43. The second kappa shape index (κ2) is 4.88. The number of hydrogen-bond donors (Lipinski definition) is 1. The number of hydrogen-bond acceptors (Lipinski definition) is 2. The molecule has 0 aliphatic rings. The lowest BCUT2D eigenvalue weighted by Gasteiger charge is -2.25. The molecule has 0 rings (SSSR count). The molecule has 0 aromatic rings. The third kappa shape index (κ3) is 6.33. The molecule has 1 N–H and O–H groups in total. The van der Waals surface area contributed by atoms with Gasteiger partial charge in [-0.1, -0.05) is 0 Å². The van der Waals surface area contributed by atoms with Gasteiger partial charge < -0.3 is 10.0 Å². The van der Waals surface area contributed by atoms with Crippen molar-refractivity contribution in [2.75, 3.05) is 6.54 Å². The maximum atomic E-state index is 12.0. The van der Waals surface area contributed by atoms with E-state index >= 15 is 0 Å². The van der Waals surface area contributed by atoms with E-state index in [2.05, 4.69) is 0 Å². The van der Waals surface area contributed by atoms with Gasteiger partial charge in [-0.3, -0.25) is 0 Å². The topological polar surface area (TPSA) is 40.5 Å². The Hall–Kier alpha value is -1.20. The molecule has 82 valence electrons. The maximum absolute atomic E-state index is 12.0. The Balaban J connectivity index is 4.39. The van der Waals surface area contributed by atoms with Crippen molar-refractivity contribution in [1.82, 2.24) is 4.90 Å². The van der Waals surface area contributed by atoms with E-state index in [0.29, 0.717) is 6.08 Å². The molecule has 3 nitrogen and oxygen atoms in total. The smallest absolute Gasteiger partial charge is 0.405 e. The van der Waals surface area contributed by atoms with E-state index in [1.54, 1.807) is 13.8 Å². The minimum absolute atomic E-state index is 0.396. The molecule has 0 fully saturated rings. The number of aliphatic carboxylic acids is 1. The van der Waals surface area contributed by atoms with E-state index in [0.717, 1.165) is 11.1 Å². The van der Waals surface area contributed by atoms with Crippen LogP contribution in [0, 0.1) is 0 Å². The molecule has 0 radical (unpaired) electrons. The summed E-state index contributed by atoms with van der Waals surface area (Å²) >= 11 is 0. The molecule has 0 bridgehead atoms. The lowest BCUT2D eigenvalue weighted by atomic mass is 10.3. The first-order chi connectivity index (χ1) is 6.22. The zero-order valence-corrected chi connectivity index (χ0v) is 7.88. The highest BCUT2D eigenvalue weighted by atomic mass is 19.4. The van der Waals surface area contributed by atoms with Crippen LogP contribution in [-0.4, -0.2) is 34.7 Å². The van der Waals surface area contributed by atoms with Crippen LogP contribution in [-0.2, 0) is 4.79 Å². The zero-order valence-electron chi connectivity index (χ0n) is 7.88. The van der Waals surface area contributed by atoms with E-state index in [1.807, 2.05) is 0 Å². The Bertz CT molecular complexity index is 223. The average Bonchev–Trinajstić information content (AvgIpc) is 1.94. The molecule has 0 saturated heterocycles. The van der Waals surface area contributed by atoms with E-state index in [-0.39, 0.29) is 0 Å². The molecule has 0 amide bonds. The van der Waals surface area contributed by atoms with Gasteiger partial charge in [0.1, 0.15) is 6.54 Å². The van der Waals surface area contributed by atoms with E-state index < -0.39 is 24.7 Å². The number of halogens is 3. The van der Waals surface area contributed by atoms with Crippen molar-refractivity contribution in [1.29, 1.82) is 0 Å². The third-order valence-electron chi connectivity index (χ3n) is 1.43. The molecule has 0 spiro atoms. The van der Waals surface area contributed by atoms with E-state index in [1.165, 1.54) is 0 Å². The van der Waals surface area contributed by atoms with E-state index in [9.17, 15) is 18.0 Å². The highest BCUT2D eigenvalue weighted by Crippen LogP contribution is 2.18. The quantitative estimate of drug-likeness (QED) is 0.721. The van der Waals surface area contributed by atoms with Crippen LogP contribution in [0.3, 0.4) is 0 Å². The Kier molecular flexibility index (Phi) is 4.46. The van der Waals surface area contributed by atoms with E-state index in [4.69, 9.17) is 5.11 Å². The standard InChI is InChI=1S/C8H12F3NO2/c1-6(2)12(4-3-7(13)14)5-8(9,10)11/h3-4,6H,5H2,1-2H3,(H,13,14). The fourth-order valence-electron chi connectivity index (χ4n) is 0.774. The first-order valence-corrected chi connectivity index (χ1v) is 3.96. The number of nitrogens with zero attached hydrogens (tertiary/aromatic N) is 1. The van der Waals surface area contributed by atoms with Crippen LogP contribution in [0.5, 0.6) is 0 Å². The molecule has 0 heterocycles. The fourth-order valence-corrected chi connectivity index (χ4v) is 0.774. The highest BCUT2D eigenvalue weighted by molar-refractivity contribution is 5.79. The molecule has 6 heteroatoms. The van der Waals surface area contributed by atoms with Gasteiger partial charge in [-0.05, 0) is 13.8 Å². The lowest BCUT2D eigenvalue weighted by Crippen LogP contribution is -2.35. The number of carboxylic acids is 1. The van der Waals surface area contributed by atoms with Crippen LogP contribution >= 0.6 is 0 Å². The number of rotatable bonds is 4. The molecule has 0 aromatic heterocycles. The van der Waals surface area contributed by atoms with Gasteiger partial charge in [0, 0.05) is 18.3 Å². The number of carboxylic acid groups (broad SMARTS) is 1. The van der Waals surface area contributed by atoms with Crippen molar-refractivity contribution < 1.29 is 23.1 Å². The second-order valence-corrected chi connectivity index (χ2v) is 3.04. The van der Waals surface area contributed by atoms with Gasteiger partial charge in [-0.25, -0.2) is 4.79 Å². The van der Waals surface area contributed by atoms with Gasteiger partial charge in [-0.2, -0.15) is 13.2 Å². The van der Waals surface area contributed by atoms with Crippen LogP contribution < -0.4 is 0 Å². The van der Waals surface area contributed by atoms with Crippen molar-refractivity contribution in [2.24, 2.45) is 0 Å². The van der Waals surface area contributed by atoms with Gasteiger partial charge in [0.15, 0.2) is 0 Å². The molecule has 0 atom stereocenters. The Morgan fingerprint density at radius 1 is 1.50 bits per heavy atom. The lowest BCUT2D eigenvalue weighted by molar-refractivity contribution is -0.143. The number of carbonyl (C=O) groups is 1. The summed E-state index contributed by atoms with van der Waals surface area (Å²) in [6.45, 7) is 1.96. The summed E-state index contributed by atoms with van der Waals surface area (Å²) in [7, 11) is 0. The van der Waals surface area contributed by atoms with Gasteiger partial charge in [0.2, 0.25) is 0 Å². The molecule has 0 aliphatic carbocycles. The summed E-state index contributed by atoms with van der Waals surface area (Å²) in [6.07, 6.45) is -2.71. The summed E-state index contributed by atoms with van der Waals surface area (Å²) in [5.41, 5.74) is 0. The normalized spacial score (nSPS) is 12.4. The minimum atomic E-state index is -4.33. The fraction of sp³-hybridized carbons (Fsp3) is 0.625. The maximum Gasteiger partial charge on any atom is 0.405 e. The highest BCUT2D eigenvalue weighted by Gasteiger charge is 2.30. The van der Waals surface area contributed by atoms with Crippen molar-refractivity contribution in [3.05, 3.63) is 12.3 Å². The Morgan fingerprint density at radius 3 is 2.29 bits per heavy atom. The SMILES string of the molecule is CC(C)N(C=CC(=O)O)CC(F)(F)F. The molecule has 0 aromatic carbocycles. The Labute approximate surface area is 79.8 Å². The molecule has 14 heavy (non-hydrogen) atoms. The first-order valence-electron chi connectivity index (χ1n) is 3.96. The molecular formula is C8H12F3NO2. The number of alkyl halides is 3. The molecule has 0 unspecified atom stereocenters. The predicted octanol–water partition coefficient (Wildman–Crippen LogP) is 1.86. The summed E-state index contributed by atoms with van der Waals surface area (Å²) in [4.78, 5) is 11.0. The zero-order chi connectivity index (χ0) is 11.4. The van der Waals surface area contributed by atoms with Crippen LogP contribution in [0.1, 0.15) is 13.8 Å². The van der Waals surface area contributed by atoms with Gasteiger partial charge in [0.05, 0.1) is 0 Å². The summed E-state index contributed by atoms with van der Waals surface area (Å²) in [6, 6.07) is -0.396. The van der Waals surface area contributed by atoms with Crippen molar-refractivity contribution in [3.8, 4) is 0 Å². The Morgan fingerprint density at radius 2 is 2.00 bits per heavy atom. The van der Waals surface area contributed by atoms with Crippen molar-refractivity contribution in [2.45, 2.75) is 26.1 Å². The minimum Gasteiger partial charge on any atom is -0.478 e. The van der Waals surface area contributed by atoms with Crippen molar-refractivity contribution >= 4 is 5.97 Å². The first kappa shape index (κ1) is 12.8. The second-order valence-electron chi connectivity index (χ2n) is 3.04. The van der Waals surface area contributed by atoms with Gasteiger partial charge >= 0.3 is 12.1 Å². The van der Waals surface area contributed by atoms with Crippen LogP contribution in [0.4, 0.5) is 13.2 Å². The van der Waals surface area contributed by atoms with Crippen LogP contribution in [0.2, 0.25) is 0 Å². The molecule has 0 saturated carbocycles.